The molecule has 3 aliphatic rings. The summed E-state index contributed by atoms with van der Waals surface area (Å²) in [7, 11) is 2.62. The number of benzene rings is 5. The number of methoxy groups -OCH3 is 2. The van der Waals surface area contributed by atoms with Crippen molar-refractivity contribution in [1.82, 2.24) is 15.5 Å². The number of hydrogen-bond donors (Lipinski definition) is 4. The number of rotatable bonds is 18. The Labute approximate surface area is 455 Å². The number of nitrogens with zero attached hydrogens (tertiary/aromatic N) is 3. The van der Waals surface area contributed by atoms with E-state index in [2.05, 4.69) is 22.5 Å². The van der Waals surface area contributed by atoms with Crippen molar-refractivity contribution in [1.29, 1.82) is 0 Å². The largest absolute Gasteiger partial charge is 0.513 e. The molecule has 0 saturated heterocycles. The van der Waals surface area contributed by atoms with Gasteiger partial charge in [0.15, 0.2) is 17.7 Å². The van der Waals surface area contributed by atoms with Crippen molar-refractivity contribution in [2.45, 2.75) is 83.5 Å². The van der Waals surface area contributed by atoms with Crippen molar-refractivity contribution in [2.75, 3.05) is 55.0 Å². The third-order valence-electron chi connectivity index (χ3n) is 13.8. The summed E-state index contributed by atoms with van der Waals surface area (Å²) in [5.74, 6) is -1.57. The number of carbonyl (C=O) groups excluding carboxylic acids is 7. The molecule has 0 fully saturated rings. The van der Waals surface area contributed by atoms with Crippen LogP contribution >= 0.6 is 11.6 Å². The smallest absolute Gasteiger partial charge is 0.493 e. The lowest BCUT2D eigenvalue weighted by Crippen LogP contribution is -2.55. The molecule has 410 valence electrons. The zero-order valence-electron chi connectivity index (χ0n) is 43.7. The van der Waals surface area contributed by atoms with Gasteiger partial charge in [-0.1, -0.05) is 87.2 Å². The number of alkyl halides is 1. The molecule has 4 N–H and O–H groups in total. The van der Waals surface area contributed by atoms with Gasteiger partial charge in [-0.05, 0) is 71.5 Å². The van der Waals surface area contributed by atoms with E-state index in [0.29, 0.717) is 28.9 Å². The van der Waals surface area contributed by atoms with E-state index in [1.165, 1.54) is 44.3 Å². The molecule has 21 heteroatoms. The average molecular weight is 1090 g/mol. The van der Waals surface area contributed by atoms with Gasteiger partial charge < -0.3 is 59.3 Å². The van der Waals surface area contributed by atoms with Crippen molar-refractivity contribution in [3.05, 3.63) is 131 Å². The fraction of sp³-hybridized carbons (Fsp3) is 0.351. The SMILES string of the molecule is C=CCOC(=O)N[C@H](C(=O)N[C@@H](C)C(=O)Nc1ccc(COC(=O)N2c3cc(OCCCC(=O)N4C[C@@H](CCl)c5c4cc(OC(=O)OC)c4ccccc54)c(OC)cc3C(=O)N3Cc4ccccc4C[C@H]3C2O)cc1)C(C)C. The first-order valence-corrected chi connectivity index (χ1v) is 25.9. The number of aliphatic hydroxyl groups is 1. The molecule has 5 aromatic carbocycles. The normalized spacial score (nSPS) is 17.0. The number of ether oxygens (including phenoxy) is 6. The molecule has 78 heavy (non-hydrogen) atoms. The van der Waals surface area contributed by atoms with Crippen LogP contribution in [0.25, 0.3) is 10.8 Å². The fourth-order valence-electron chi connectivity index (χ4n) is 9.79. The standard InChI is InChI=1S/C57H61ClN6O14/c1-7-22-76-55(70)61-50(32(2)3)52(67)59-33(4)51(66)60-38-20-18-34(19-21-38)31-77-56(71)64-42-26-47(46(73-5)25-41(42)53(68)63-29-36-14-9-8-13-35(36)24-44(63)54(64)69)75-23-12-17-48(65)62-30-37(28-58)49-40-16-11-10-15-39(40)45(27-43(49)62)78-57(72)74-6/h7-11,13-16,18-21,25-27,32-33,37,44,50,54,69H,1,12,17,22-24,28-31H2,2-6H3,(H,59,67)(H,60,66)(H,61,70)/t33-,37+,44-,50-,54?/m0/s1. The number of nitrogens with one attached hydrogen (secondary N) is 3. The van der Waals surface area contributed by atoms with Gasteiger partial charge in [0.1, 0.15) is 31.0 Å². The van der Waals surface area contributed by atoms with Gasteiger partial charge in [0.05, 0.1) is 43.8 Å². The molecule has 0 radical (unpaired) electrons. The predicted molar refractivity (Wildman–Crippen MR) is 289 cm³/mol. The zero-order chi connectivity index (χ0) is 55.8. The fourth-order valence-corrected chi connectivity index (χ4v) is 10.0. The summed E-state index contributed by atoms with van der Waals surface area (Å²) in [6.45, 7) is 8.60. The highest BCUT2D eigenvalue weighted by Crippen LogP contribution is 2.46. The summed E-state index contributed by atoms with van der Waals surface area (Å²) < 4.78 is 33.1. The monoisotopic (exact) mass is 1090 g/mol. The second-order valence-corrected chi connectivity index (χ2v) is 19.5. The van der Waals surface area contributed by atoms with Crippen LogP contribution in [0.2, 0.25) is 0 Å². The zero-order valence-corrected chi connectivity index (χ0v) is 44.5. The number of carbonyl (C=O) groups is 7. The molecular formula is C57H61ClN6O14. The molecule has 1 unspecified atom stereocenters. The van der Waals surface area contributed by atoms with Crippen molar-refractivity contribution in [3.8, 4) is 17.2 Å². The second kappa shape index (κ2) is 24.8. The third-order valence-corrected chi connectivity index (χ3v) is 14.2. The van der Waals surface area contributed by atoms with E-state index in [4.69, 9.17) is 40.0 Å². The quantitative estimate of drug-likeness (QED) is 0.0163. The number of halogens is 1. The number of amides is 6. The van der Waals surface area contributed by atoms with Gasteiger partial charge in [-0.15, -0.1) is 11.6 Å². The van der Waals surface area contributed by atoms with E-state index < -0.39 is 60.4 Å². The number of alkyl carbamates (subject to hydrolysis) is 1. The summed E-state index contributed by atoms with van der Waals surface area (Å²) in [5, 5.41) is 21.6. The van der Waals surface area contributed by atoms with Gasteiger partial charge in [-0.3, -0.25) is 19.2 Å². The molecule has 3 heterocycles. The summed E-state index contributed by atoms with van der Waals surface area (Å²) in [5.41, 5.74) is 4.16. The number of fused-ring (bicyclic) bond motifs is 6. The minimum atomic E-state index is -1.59. The molecule has 6 amide bonds. The first-order valence-electron chi connectivity index (χ1n) is 25.3. The van der Waals surface area contributed by atoms with Crippen LogP contribution in [0.4, 0.5) is 31.4 Å². The van der Waals surface area contributed by atoms with E-state index in [9.17, 15) is 38.7 Å². The predicted octanol–water partition coefficient (Wildman–Crippen LogP) is 7.94. The van der Waals surface area contributed by atoms with Gasteiger partial charge >= 0.3 is 18.3 Å². The van der Waals surface area contributed by atoms with Crippen LogP contribution in [0.15, 0.2) is 104 Å². The van der Waals surface area contributed by atoms with Crippen LogP contribution < -0.4 is 40.0 Å². The molecular weight excluding hydrogens is 1030 g/mol. The Morgan fingerprint density at radius 3 is 2.24 bits per heavy atom. The molecule has 5 atom stereocenters. The lowest BCUT2D eigenvalue weighted by atomic mass is 9.93. The van der Waals surface area contributed by atoms with Crippen LogP contribution in [0.1, 0.15) is 72.1 Å². The summed E-state index contributed by atoms with van der Waals surface area (Å²) in [4.78, 5) is 97.8. The van der Waals surface area contributed by atoms with E-state index in [0.717, 1.165) is 27.0 Å². The minimum absolute atomic E-state index is 0.00298. The Kier molecular flexibility index (Phi) is 17.7. The first-order chi connectivity index (χ1) is 37.5. The van der Waals surface area contributed by atoms with E-state index >= 15 is 0 Å². The highest BCUT2D eigenvalue weighted by Gasteiger charge is 2.46. The van der Waals surface area contributed by atoms with Crippen LogP contribution in [-0.4, -0.2) is 116 Å². The third kappa shape index (κ3) is 12.1. The lowest BCUT2D eigenvalue weighted by molar-refractivity contribution is -0.128. The lowest BCUT2D eigenvalue weighted by Gasteiger charge is -2.39. The maximum Gasteiger partial charge on any atom is 0.513 e. The molecule has 5 aromatic rings. The molecule has 0 aliphatic carbocycles. The van der Waals surface area contributed by atoms with Crippen molar-refractivity contribution < 1.29 is 67.1 Å². The molecule has 0 bridgehead atoms. The maximum absolute atomic E-state index is 14.6. The van der Waals surface area contributed by atoms with Crippen molar-refractivity contribution in [3.63, 3.8) is 0 Å². The average Bonchev–Trinajstić information content (AvgIpc) is 3.90. The van der Waals surface area contributed by atoms with Gasteiger partial charge in [0.25, 0.3) is 5.91 Å². The highest BCUT2D eigenvalue weighted by molar-refractivity contribution is 6.19. The molecule has 3 aliphatic heterocycles. The number of aliphatic hydroxyl groups excluding tert-OH is 1. The van der Waals surface area contributed by atoms with Gasteiger partial charge in [0.2, 0.25) is 17.7 Å². The Morgan fingerprint density at radius 1 is 0.846 bits per heavy atom. The van der Waals surface area contributed by atoms with Crippen molar-refractivity contribution in [2.24, 2.45) is 5.92 Å². The molecule has 0 saturated carbocycles. The van der Waals surface area contributed by atoms with E-state index in [1.54, 1.807) is 49.1 Å². The number of anilines is 3. The van der Waals surface area contributed by atoms with Crippen LogP contribution in [-0.2, 0) is 48.2 Å². The topological polar surface area (TPSA) is 241 Å². The Morgan fingerprint density at radius 2 is 1.55 bits per heavy atom. The highest BCUT2D eigenvalue weighted by atomic mass is 35.5. The van der Waals surface area contributed by atoms with Crippen LogP contribution in [0, 0.1) is 5.92 Å². The Hall–Kier alpha value is -8.36. The minimum Gasteiger partial charge on any atom is -0.493 e. The molecule has 20 nitrogen and oxygen atoms in total. The summed E-state index contributed by atoms with van der Waals surface area (Å²) in [6, 6.07) is 23.0. The maximum atomic E-state index is 14.6. The van der Waals surface area contributed by atoms with E-state index in [-0.39, 0.29) is 97.8 Å². The Balaban J connectivity index is 0.967. The van der Waals surface area contributed by atoms with Gasteiger partial charge in [0, 0.05) is 54.5 Å². The Bertz CT molecular complexity index is 3120. The summed E-state index contributed by atoms with van der Waals surface area (Å²) in [6.07, 6.45) is -2.39. The summed E-state index contributed by atoms with van der Waals surface area (Å²) >= 11 is 6.47. The molecule has 0 spiro atoms. The number of hydrogen-bond acceptors (Lipinski definition) is 14. The molecule has 8 rings (SSSR count). The van der Waals surface area contributed by atoms with Gasteiger partial charge in [-0.2, -0.15) is 0 Å². The van der Waals surface area contributed by atoms with Gasteiger partial charge in [-0.25, -0.2) is 19.3 Å². The second-order valence-electron chi connectivity index (χ2n) is 19.2. The van der Waals surface area contributed by atoms with E-state index in [1.807, 2.05) is 48.5 Å². The first kappa shape index (κ1) is 55.9. The van der Waals surface area contributed by atoms with Crippen LogP contribution in [0.5, 0.6) is 17.2 Å². The molecule has 0 aromatic heterocycles. The van der Waals surface area contributed by atoms with Crippen LogP contribution in [0.3, 0.4) is 0 Å². The van der Waals surface area contributed by atoms with Crippen molar-refractivity contribution >= 4 is 81.4 Å².